The van der Waals surface area contributed by atoms with Crippen LogP contribution in [-0.2, 0) is 4.79 Å². The molecule has 1 N–H and O–H groups in total. The summed E-state index contributed by atoms with van der Waals surface area (Å²) in [6, 6.07) is 7.91. The molecule has 0 bridgehead atoms. The molecule has 0 amide bonds. The zero-order valence-electron chi connectivity index (χ0n) is 22.4. The van der Waals surface area contributed by atoms with Crippen LogP contribution in [0.15, 0.2) is 47.1 Å². The van der Waals surface area contributed by atoms with Crippen molar-refractivity contribution in [2.75, 3.05) is 18.9 Å². The Morgan fingerprint density at radius 2 is 1.97 bits per heavy atom. The lowest BCUT2D eigenvalue weighted by molar-refractivity contribution is -0.114. The van der Waals surface area contributed by atoms with Gasteiger partial charge in [0.1, 0.15) is 5.60 Å². The van der Waals surface area contributed by atoms with Crippen molar-refractivity contribution in [1.29, 1.82) is 0 Å². The molecule has 2 saturated carbocycles. The number of allylic oxidation sites excluding steroid dienone is 4. The summed E-state index contributed by atoms with van der Waals surface area (Å²) in [7, 11) is 1.59. The fourth-order valence-electron chi connectivity index (χ4n) is 7.31. The first-order valence-corrected chi connectivity index (χ1v) is 12.0. The molecule has 3 heteroatoms. The molecule has 1 aromatic rings. The molecule has 4 aliphatic rings. The van der Waals surface area contributed by atoms with Gasteiger partial charge in [0.25, 0.3) is 0 Å². The molecule has 5 atom stereocenters. The number of hydrogen-bond donors (Lipinski definition) is 1. The van der Waals surface area contributed by atoms with Gasteiger partial charge in [-0.1, -0.05) is 30.6 Å². The van der Waals surface area contributed by atoms with Crippen molar-refractivity contribution in [1.82, 2.24) is 0 Å². The summed E-state index contributed by atoms with van der Waals surface area (Å²) >= 11 is 0. The van der Waals surface area contributed by atoms with Crippen molar-refractivity contribution in [3.63, 3.8) is 0 Å². The summed E-state index contributed by atoms with van der Waals surface area (Å²) in [6.45, 7) is 1.84. The first kappa shape index (κ1) is 18.2. The van der Waals surface area contributed by atoms with Crippen LogP contribution in [0.2, 0.25) is 0 Å². The number of carbonyl (C=O) groups excluding carboxylic acids is 1. The Bertz CT molecular complexity index is 1170. The largest absolute Gasteiger partial charge is 0.378 e. The van der Waals surface area contributed by atoms with E-state index >= 15 is 0 Å². The Labute approximate surface area is 196 Å². The fraction of sp³-hybridized carbons (Fsp3) is 0.552. The SMILES string of the molecule is [2H]C([2H])([2H])N(C)c1ccc([C@H]2C[C@@]3(C)[C@@H](CC[C@@]3(O)C#CC)[C@@H]3CCC4=CC(=O)CCC4=C32)cc1. The quantitative estimate of drug-likeness (QED) is 0.636. The summed E-state index contributed by atoms with van der Waals surface area (Å²) in [6.07, 6.45) is 7.63. The van der Waals surface area contributed by atoms with E-state index in [4.69, 9.17) is 4.11 Å². The molecule has 0 aliphatic heterocycles. The third-order valence-electron chi connectivity index (χ3n) is 8.90. The highest BCUT2D eigenvalue weighted by atomic mass is 16.3. The minimum atomic E-state index is -2.19. The van der Waals surface area contributed by atoms with Crippen molar-refractivity contribution in [2.45, 2.75) is 70.3 Å². The molecule has 0 unspecified atom stereocenters. The van der Waals surface area contributed by atoms with E-state index in [2.05, 4.69) is 30.9 Å². The Morgan fingerprint density at radius 3 is 2.69 bits per heavy atom. The number of ketones is 1. The van der Waals surface area contributed by atoms with Crippen LogP contribution in [0.25, 0.3) is 0 Å². The molecule has 168 valence electrons. The number of aliphatic hydroxyl groups is 1. The lowest BCUT2D eigenvalue weighted by Gasteiger charge is -2.53. The second-order valence-corrected chi connectivity index (χ2v) is 10.4. The van der Waals surface area contributed by atoms with Gasteiger partial charge in [-0.2, -0.15) is 0 Å². The molecule has 0 aromatic heterocycles. The molecule has 5 rings (SSSR count). The molecule has 1 aromatic carbocycles. The molecule has 0 saturated heterocycles. The van der Waals surface area contributed by atoms with Gasteiger partial charge < -0.3 is 10.0 Å². The predicted molar refractivity (Wildman–Crippen MR) is 129 cm³/mol. The highest BCUT2D eigenvalue weighted by Gasteiger charge is 2.62. The van der Waals surface area contributed by atoms with Crippen LogP contribution in [-0.4, -0.2) is 30.5 Å². The summed E-state index contributed by atoms with van der Waals surface area (Å²) < 4.78 is 23.2. The van der Waals surface area contributed by atoms with Crippen LogP contribution in [0.3, 0.4) is 0 Å². The van der Waals surface area contributed by atoms with E-state index < -0.39 is 12.6 Å². The first-order chi connectivity index (χ1) is 16.5. The lowest BCUT2D eigenvalue weighted by Crippen LogP contribution is -2.51. The van der Waals surface area contributed by atoms with Crippen LogP contribution in [0.5, 0.6) is 0 Å². The van der Waals surface area contributed by atoms with E-state index in [1.807, 2.05) is 18.2 Å². The van der Waals surface area contributed by atoms with E-state index in [-0.39, 0.29) is 17.1 Å². The van der Waals surface area contributed by atoms with Crippen LogP contribution in [0.4, 0.5) is 5.69 Å². The number of rotatable bonds is 2. The monoisotopic (exact) mass is 432 g/mol. The molecule has 2 fully saturated rings. The van der Waals surface area contributed by atoms with Crippen LogP contribution >= 0.6 is 0 Å². The second kappa shape index (κ2) is 7.63. The first-order valence-electron chi connectivity index (χ1n) is 13.5. The van der Waals surface area contributed by atoms with E-state index in [1.54, 1.807) is 14.0 Å². The van der Waals surface area contributed by atoms with Crippen molar-refractivity contribution < 1.29 is 14.0 Å². The zero-order valence-corrected chi connectivity index (χ0v) is 19.4. The van der Waals surface area contributed by atoms with Gasteiger partial charge >= 0.3 is 0 Å². The highest BCUT2D eigenvalue weighted by Crippen LogP contribution is 2.66. The third kappa shape index (κ3) is 3.11. The zero-order chi connectivity index (χ0) is 25.2. The van der Waals surface area contributed by atoms with Crippen LogP contribution < -0.4 is 4.90 Å². The molecule has 3 nitrogen and oxygen atoms in total. The molecular weight excluding hydrogens is 394 g/mol. The Morgan fingerprint density at radius 1 is 1.19 bits per heavy atom. The molecule has 4 aliphatic carbocycles. The number of benzene rings is 1. The highest BCUT2D eigenvalue weighted by molar-refractivity contribution is 5.93. The molecule has 32 heavy (non-hydrogen) atoms. The Kier molecular flexibility index (Phi) is 4.33. The summed E-state index contributed by atoms with van der Waals surface area (Å²) in [5.41, 5.74) is 4.52. The number of carbonyl (C=O) groups is 1. The molecule has 0 spiro atoms. The maximum Gasteiger partial charge on any atom is 0.156 e. The van der Waals surface area contributed by atoms with E-state index in [0.29, 0.717) is 30.4 Å². The molecule has 0 radical (unpaired) electrons. The van der Waals surface area contributed by atoms with Gasteiger partial charge in [0.2, 0.25) is 0 Å². The second-order valence-electron chi connectivity index (χ2n) is 10.4. The predicted octanol–water partition coefficient (Wildman–Crippen LogP) is 5.41. The number of anilines is 1. The maximum absolute atomic E-state index is 12.2. The summed E-state index contributed by atoms with van der Waals surface area (Å²) in [5, 5.41) is 11.8. The van der Waals surface area contributed by atoms with Crippen molar-refractivity contribution in [3.8, 4) is 11.8 Å². The van der Waals surface area contributed by atoms with Gasteiger partial charge in [-0.15, -0.1) is 5.92 Å². The van der Waals surface area contributed by atoms with Gasteiger partial charge in [-0.05, 0) is 92.2 Å². The van der Waals surface area contributed by atoms with E-state index in [1.165, 1.54) is 21.6 Å². The van der Waals surface area contributed by atoms with Crippen LogP contribution in [0.1, 0.15) is 74.4 Å². The fourth-order valence-corrected chi connectivity index (χ4v) is 7.31. The topological polar surface area (TPSA) is 40.5 Å². The van der Waals surface area contributed by atoms with E-state index in [0.717, 1.165) is 37.7 Å². The smallest absolute Gasteiger partial charge is 0.156 e. The molecule has 0 heterocycles. The van der Waals surface area contributed by atoms with Crippen molar-refractivity contribution in [3.05, 3.63) is 52.6 Å². The normalized spacial score (nSPS) is 37.6. The Balaban J connectivity index is 1.63. The van der Waals surface area contributed by atoms with Crippen LogP contribution in [0, 0.1) is 29.1 Å². The maximum atomic E-state index is 12.2. The van der Waals surface area contributed by atoms with Gasteiger partial charge in [0.15, 0.2) is 5.78 Å². The van der Waals surface area contributed by atoms with Gasteiger partial charge in [0.05, 0.1) is 0 Å². The lowest BCUT2D eigenvalue weighted by atomic mass is 9.51. The van der Waals surface area contributed by atoms with Gasteiger partial charge in [0, 0.05) is 41.6 Å². The number of nitrogens with zero attached hydrogens (tertiary/aromatic N) is 1. The van der Waals surface area contributed by atoms with Gasteiger partial charge in [-0.3, -0.25) is 4.79 Å². The Hall–Kier alpha value is -2.31. The van der Waals surface area contributed by atoms with E-state index in [9.17, 15) is 9.90 Å². The number of hydrogen-bond acceptors (Lipinski definition) is 3. The standard InChI is InChI=1S/C29H35NO2/c1-5-15-29(32)16-14-26-24-12-8-20-17-22(31)11-13-23(20)27(24)25(18-28(26,29)2)19-6-9-21(10-7-19)30(3)4/h6-7,9-10,17,24-26,32H,8,11-14,16,18H2,1-4H3/t24-,25+,26-,28-,29-/m0/s1/i3D3. The average Bonchev–Trinajstić information content (AvgIpc) is 3.07. The summed E-state index contributed by atoms with van der Waals surface area (Å²) in [5.74, 6) is 7.28. The average molecular weight is 433 g/mol. The van der Waals surface area contributed by atoms with Crippen molar-refractivity contribution in [2.24, 2.45) is 17.3 Å². The summed E-state index contributed by atoms with van der Waals surface area (Å²) in [4.78, 5) is 13.5. The van der Waals surface area contributed by atoms with Gasteiger partial charge in [-0.25, -0.2) is 0 Å². The molecular formula is C29H35NO2. The third-order valence-corrected chi connectivity index (χ3v) is 8.90. The minimum Gasteiger partial charge on any atom is -0.378 e. The van der Waals surface area contributed by atoms with Crippen molar-refractivity contribution >= 4 is 11.5 Å². The number of fused-ring (bicyclic) bond motifs is 4. The minimum absolute atomic E-state index is 0.114.